The Morgan fingerprint density at radius 1 is 1.09 bits per heavy atom. The fourth-order valence-electron chi connectivity index (χ4n) is 4.41. The number of anilines is 1. The Kier molecular flexibility index (Phi) is 8.97. The Labute approximate surface area is 203 Å². The van der Waals surface area contributed by atoms with Crippen LogP contribution in [0, 0.1) is 11.3 Å². The number of hydrogen-bond acceptors (Lipinski definition) is 6. The first-order valence-corrected chi connectivity index (χ1v) is 11.7. The molecule has 3 aromatic rings. The molecule has 6 nitrogen and oxygen atoms in total. The van der Waals surface area contributed by atoms with Crippen molar-refractivity contribution >= 4 is 18.8 Å². The number of rotatable bonds is 6. The minimum atomic E-state index is -0.00420. The molecule has 1 saturated heterocycles. The molecule has 1 aromatic heterocycles. The second kappa shape index (κ2) is 12.1. The van der Waals surface area contributed by atoms with Crippen LogP contribution in [0.2, 0.25) is 0 Å². The van der Waals surface area contributed by atoms with Crippen molar-refractivity contribution < 1.29 is 0 Å². The molecule has 4 N–H and O–H groups in total. The number of benzene rings is 2. The molecule has 1 aliphatic rings. The van der Waals surface area contributed by atoms with E-state index in [4.69, 9.17) is 19.0 Å². The van der Waals surface area contributed by atoms with E-state index >= 15 is 0 Å². The van der Waals surface area contributed by atoms with Crippen LogP contribution in [0.25, 0.3) is 0 Å². The second-order valence-electron chi connectivity index (χ2n) is 8.02. The molecule has 2 atom stereocenters. The van der Waals surface area contributed by atoms with Crippen LogP contribution in [-0.2, 0) is 0 Å². The molecular formula is C27H32BN6. The summed E-state index contributed by atoms with van der Waals surface area (Å²) in [6.07, 6.45) is 3.34. The SMILES string of the molecule is CC.[B]=C(c1cncc(N)c1)N1CCN(C(c2ccccc2)c2cccc(C#N)c2)C(CN)C1. The van der Waals surface area contributed by atoms with Gasteiger partial charge in [0.2, 0.25) is 0 Å². The van der Waals surface area contributed by atoms with E-state index in [1.165, 1.54) is 5.56 Å². The Balaban J connectivity index is 0.00000158. The van der Waals surface area contributed by atoms with Gasteiger partial charge in [-0.15, -0.1) is 0 Å². The molecule has 2 aromatic carbocycles. The summed E-state index contributed by atoms with van der Waals surface area (Å²) in [5.41, 5.74) is 17.1. The van der Waals surface area contributed by atoms with Crippen LogP contribution >= 0.6 is 0 Å². The number of aromatic nitrogens is 1. The summed E-state index contributed by atoms with van der Waals surface area (Å²) >= 11 is 0. The number of hydrogen-bond donors (Lipinski definition) is 2. The van der Waals surface area contributed by atoms with Crippen molar-refractivity contribution in [3.05, 3.63) is 95.3 Å². The zero-order valence-electron chi connectivity index (χ0n) is 19.9. The van der Waals surface area contributed by atoms with Gasteiger partial charge in [-0.2, -0.15) is 0 Å². The topological polar surface area (TPSA) is 95.2 Å². The van der Waals surface area contributed by atoms with Crippen molar-refractivity contribution in [2.45, 2.75) is 25.9 Å². The molecule has 0 spiro atoms. The maximum absolute atomic E-state index is 9.43. The second-order valence-corrected chi connectivity index (χ2v) is 8.02. The molecular weight excluding hydrogens is 419 g/mol. The predicted octanol–water partition coefficient (Wildman–Crippen LogP) is 2.94. The number of piperazine rings is 1. The summed E-state index contributed by atoms with van der Waals surface area (Å²) in [5.74, 6) is 0. The molecule has 2 unspecified atom stereocenters. The van der Waals surface area contributed by atoms with E-state index in [1.807, 2.05) is 56.3 Å². The molecule has 0 bridgehead atoms. The standard InChI is InChI=1S/C25H26BN6.C2H6/c26-25(21-12-22(29)16-30-15-21)31-9-10-32(23(14-28)17-31)24(19-6-2-1-3-7-19)20-8-4-5-18(11-20)13-27;1-2/h1-8,11-12,15-16,23-24H,9-10,14,17,28-29H2;1-2H3. The number of nitrogens with two attached hydrogens (primary N) is 2. The Morgan fingerprint density at radius 3 is 2.50 bits per heavy atom. The summed E-state index contributed by atoms with van der Waals surface area (Å²) in [6.45, 7) is 6.70. The van der Waals surface area contributed by atoms with Gasteiger partial charge >= 0.3 is 190 Å². The number of nitrogens with zero attached hydrogens (tertiary/aromatic N) is 4. The van der Waals surface area contributed by atoms with Crippen LogP contribution in [0.3, 0.4) is 0 Å². The Bertz CT molecular complexity index is 1130. The quantitative estimate of drug-likeness (QED) is 0.560. The van der Waals surface area contributed by atoms with Crippen LogP contribution in [0.15, 0.2) is 73.1 Å². The van der Waals surface area contributed by atoms with Gasteiger partial charge in [-0.1, -0.05) is 13.8 Å². The molecule has 7 heteroatoms. The van der Waals surface area contributed by atoms with Crippen molar-refractivity contribution in [2.75, 3.05) is 31.9 Å². The monoisotopic (exact) mass is 451 g/mol. The normalized spacial score (nSPS) is 16.6. The van der Waals surface area contributed by atoms with Gasteiger partial charge in [-0.05, 0) is 0 Å². The first-order chi connectivity index (χ1) is 16.6. The number of nitriles is 1. The summed E-state index contributed by atoms with van der Waals surface area (Å²) in [4.78, 5) is 8.74. The predicted molar refractivity (Wildman–Crippen MR) is 140 cm³/mol. The van der Waals surface area contributed by atoms with Gasteiger partial charge in [0.15, 0.2) is 0 Å². The van der Waals surface area contributed by atoms with Crippen molar-refractivity contribution in [2.24, 2.45) is 5.73 Å². The minimum absolute atomic E-state index is 0.00420. The van der Waals surface area contributed by atoms with Gasteiger partial charge in [0.05, 0.1) is 0 Å². The third kappa shape index (κ3) is 5.71. The first-order valence-electron chi connectivity index (χ1n) is 11.7. The van der Waals surface area contributed by atoms with Gasteiger partial charge in [-0.3, -0.25) is 0 Å². The molecule has 1 radical (unpaired) electrons. The van der Waals surface area contributed by atoms with E-state index in [9.17, 15) is 5.26 Å². The van der Waals surface area contributed by atoms with E-state index in [-0.39, 0.29) is 12.1 Å². The molecule has 1 aliphatic heterocycles. The van der Waals surface area contributed by atoms with Gasteiger partial charge in [0, 0.05) is 0 Å². The molecule has 1 fully saturated rings. The molecule has 0 amide bonds. The van der Waals surface area contributed by atoms with E-state index < -0.39 is 0 Å². The van der Waals surface area contributed by atoms with E-state index in [0.29, 0.717) is 29.9 Å². The Morgan fingerprint density at radius 2 is 1.82 bits per heavy atom. The fourth-order valence-corrected chi connectivity index (χ4v) is 4.41. The average molecular weight is 451 g/mol. The van der Waals surface area contributed by atoms with E-state index in [2.05, 4.69) is 39.1 Å². The van der Waals surface area contributed by atoms with Gasteiger partial charge in [0.1, 0.15) is 0 Å². The molecule has 0 aliphatic carbocycles. The van der Waals surface area contributed by atoms with Crippen molar-refractivity contribution in [1.82, 2.24) is 14.8 Å². The van der Waals surface area contributed by atoms with Crippen LogP contribution < -0.4 is 11.5 Å². The van der Waals surface area contributed by atoms with Gasteiger partial charge < -0.3 is 0 Å². The van der Waals surface area contributed by atoms with Crippen molar-refractivity contribution in [3.63, 3.8) is 0 Å². The van der Waals surface area contributed by atoms with Crippen LogP contribution in [0.1, 0.15) is 42.1 Å². The van der Waals surface area contributed by atoms with Crippen molar-refractivity contribution in [1.29, 1.82) is 5.26 Å². The molecule has 2 heterocycles. The summed E-state index contributed by atoms with van der Waals surface area (Å²) in [6, 6.07) is 22.4. The molecule has 4 rings (SSSR count). The maximum atomic E-state index is 9.43. The molecule has 173 valence electrons. The van der Waals surface area contributed by atoms with Crippen molar-refractivity contribution in [3.8, 4) is 6.07 Å². The third-order valence-electron chi connectivity index (χ3n) is 5.97. The third-order valence-corrected chi connectivity index (χ3v) is 5.97. The zero-order valence-corrected chi connectivity index (χ0v) is 19.9. The average Bonchev–Trinajstić information content (AvgIpc) is 2.90. The number of nitrogen functional groups attached to an aromatic ring is 1. The van der Waals surface area contributed by atoms with Gasteiger partial charge in [-0.25, -0.2) is 0 Å². The van der Waals surface area contributed by atoms with E-state index in [0.717, 1.165) is 24.2 Å². The van der Waals surface area contributed by atoms with Crippen LogP contribution in [-0.4, -0.2) is 60.1 Å². The molecule has 34 heavy (non-hydrogen) atoms. The van der Waals surface area contributed by atoms with Crippen LogP contribution in [0.5, 0.6) is 0 Å². The first kappa shape index (κ1) is 25.2. The fraction of sp³-hybridized carbons (Fsp3) is 0.296. The summed E-state index contributed by atoms with van der Waals surface area (Å²) in [5, 5.41) is 9.43. The number of pyridine rings is 1. The zero-order chi connectivity index (χ0) is 24.5. The van der Waals surface area contributed by atoms with Crippen LogP contribution in [0.4, 0.5) is 5.69 Å². The molecule has 0 saturated carbocycles. The van der Waals surface area contributed by atoms with Gasteiger partial charge in [0.25, 0.3) is 0 Å². The Hall–Kier alpha value is -3.47. The van der Waals surface area contributed by atoms with E-state index in [1.54, 1.807) is 12.4 Å². The summed E-state index contributed by atoms with van der Waals surface area (Å²) in [7, 11) is 6.49. The summed E-state index contributed by atoms with van der Waals surface area (Å²) < 4.78 is 0.